The summed E-state index contributed by atoms with van der Waals surface area (Å²) in [6.45, 7) is -1.40. The third-order valence-corrected chi connectivity index (χ3v) is 4.63. The third kappa shape index (κ3) is 3.43. The van der Waals surface area contributed by atoms with Crippen molar-refractivity contribution in [2.24, 2.45) is 0 Å². The van der Waals surface area contributed by atoms with Gasteiger partial charge in [0.25, 0.3) is 0 Å². The summed E-state index contributed by atoms with van der Waals surface area (Å²) >= 11 is 12.0. The maximum Gasteiger partial charge on any atom is 0.422 e. The number of pyridine rings is 1. The standard InChI is InChI=1S/C16H11Cl2F3N4O/c17-11-6-23-12(5-13(11)26-7-16(19,20)21)9-3-8(9)10-4-14(18)24-25-2-1-22-15(10)25/h1-2,4-6,8-9H,3,7H2/t8?,9-/m0/s1. The minimum absolute atomic E-state index is 0.0273. The van der Waals surface area contributed by atoms with E-state index in [4.69, 9.17) is 27.9 Å². The van der Waals surface area contributed by atoms with Gasteiger partial charge in [0.2, 0.25) is 0 Å². The van der Waals surface area contributed by atoms with Crippen LogP contribution in [0.2, 0.25) is 10.2 Å². The molecule has 0 saturated heterocycles. The second-order valence-corrected chi connectivity index (χ2v) is 6.80. The molecule has 5 nitrogen and oxygen atoms in total. The Morgan fingerprint density at radius 2 is 2.00 bits per heavy atom. The number of hydrogen-bond donors (Lipinski definition) is 0. The van der Waals surface area contributed by atoms with Crippen LogP contribution in [0.1, 0.15) is 29.5 Å². The van der Waals surface area contributed by atoms with Gasteiger partial charge in [0.15, 0.2) is 12.3 Å². The molecule has 0 radical (unpaired) electrons. The maximum absolute atomic E-state index is 12.4. The molecule has 26 heavy (non-hydrogen) atoms. The van der Waals surface area contributed by atoms with Crippen LogP contribution in [0, 0.1) is 0 Å². The Morgan fingerprint density at radius 1 is 1.19 bits per heavy atom. The number of ether oxygens (including phenoxy) is 1. The maximum atomic E-state index is 12.4. The molecule has 2 atom stereocenters. The molecule has 1 aliphatic carbocycles. The van der Waals surface area contributed by atoms with Crippen LogP contribution in [0.15, 0.2) is 30.7 Å². The monoisotopic (exact) mass is 402 g/mol. The fourth-order valence-electron chi connectivity index (χ4n) is 2.96. The van der Waals surface area contributed by atoms with Crippen molar-refractivity contribution in [3.63, 3.8) is 0 Å². The van der Waals surface area contributed by atoms with Crippen LogP contribution in [-0.4, -0.2) is 32.4 Å². The molecule has 0 aromatic carbocycles. The van der Waals surface area contributed by atoms with Crippen molar-refractivity contribution in [2.45, 2.75) is 24.4 Å². The molecule has 3 heterocycles. The largest absolute Gasteiger partial charge is 0.482 e. The van der Waals surface area contributed by atoms with Crippen LogP contribution in [0.4, 0.5) is 13.2 Å². The molecule has 0 bridgehead atoms. The lowest BCUT2D eigenvalue weighted by Gasteiger charge is -2.11. The van der Waals surface area contributed by atoms with Crippen LogP contribution >= 0.6 is 23.2 Å². The van der Waals surface area contributed by atoms with Gasteiger partial charge in [-0.25, -0.2) is 9.50 Å². The first-order chi connectivity index (χ1) is 12.3. The average Bonchev–Trinajstić information content (AvgIpc) is 3.22. The van der Waals surface area contributed by atoms with Crippen LogP contribution < -0.4 is 4.74 Å². The van der Waals surface area contributed by atoms with Gasteiger partial charge in [0.05, 0.1) is 0 Å². The van der Waals surface area contributed by atoms with E-state index in [1.165, 1.54) is 12.3 Å². The fourth-order valence-corrected chi connectivity index (χ4v) is 3.31. The number of hydrogen-bond acceptors (Lipinski definition) is 4. The zero-order valence-electron chi connectivity index (χ0n) is 13.0. The van der Waals surface area contributed by atoms with Crippen molar-refractivity contribution < 1.29 is 17.9 Å². The number of imidazole rings is 1. The van der Waals surface area contributed by atoms with Crippen LogP contribution in [0.5, 0.6) is 5.75 Å². The summed E-state index contributed by atoms with van der Waals surface area (Å²) in [6.07, 6.45) is 0.975. The summed E-state index contributed by atoms with van der Waals surface area (Å²) in [5.74, 6) is 0.0994. The van der Waals surface area contributed by atoms with Gasteiger partial charge in [0.1, 0.15) is 15.9 Å². The number of nitrogens with zero attached hydrogens (tertiary/aromatic N) is 4. The molecule has 3 aromatic rings. The van der Waals surface area contributed by atoms with Crippen molar-refractivity contribution in [3.8, 4) is 5.75 Å². The van der Waals surface area contributed by atoms with E-state index in [0.717, 1.165) is 12.0 Å². The van der Waals surface area contributed by atoms with Gasteiger partial charge in [-0.05, 0) is 18.4 Å². The predicted molar refractivity (Wildman–Crippen MR) is 88.9 cm³/mol. The predicted octanol–water partition coefficient (Wildman–Crippen LogP) is 4.64. The highest BCUT2D eigenvalue weighted by molar-refractivity contribution is 6.31. The molecule has 4 rings (SSSR count). The highest BCUT2D eigenvalue weighted by atomic mass is 35.5. The minimum atomic E-state index is -4.44. The van der Waals surface area contributed by atoms with Crippen LogP contribution in [0.3, 0.4) is 0 Å². The Morgan fingerprint density at radius 3 is 2.77 bits per heavy atom. The summed E-state index contributed by atoms with van der Waals surface area (Å²) in [5, 5.41) is 4.52. The lowest BCUT2D eigenvalue weighted by atomic mass is 10.1. The zero-order valence-corrected chi connectivity index (χ0v) is 14.6. The van der Waals surface area contributed by atoms with E-state index in [9.17, 15) is 13.2 Å². The van der Waals surface area contributed by atoms with Crippen molar-refractivity contribution in [3.05, 3.63) is 52.2 Å². The van der Waals surface area contributed by atoms with Crippen molar-refractivity contribution in [2.75, 3.05) is 6.61 Å². The molecule has 0 N–H and O–H groups in total. The van der Waals surface area contributed by atoms with Gasteiger partial charge < -0.3 is 4.74 Å². The van der Waals surface area contributed by atoms with Crippen molar-refractivity contribution >= 4 is 28.8 Å². The second kappa shape index (κ2) is 6.28. The van der Waals surface area contributed by atoms with Crippen molar-refractivity contribution in [1.29, 1.82) is 0 Å². The van der Waals surface area contributed by atoms with Gasteiger partial charge >= 0.3 is 6.18 Å². The topological polar surface area (TPSA) is 52.3 Å². The Hall–Kier alpha value is -2.06. The number of aromatic nitrogens is 4. The second-order valence-electron chi connectivity index (χ2n) is 6.01. The van der Waals surface area contributed by atoms with Crippen molar-refractivity contribution in [1.82, 2.24) is 19.6 Å². The molecule has 10 heteroatoms. The lowest BCUT2D eigenvalue weighted by Crippen LogP contribution is -2.19. The molecule has 1 fully saturated rings. The van der Waals surface area contributed by atoms with E-state index < -0.39 is 12.8 Å². The van der Waals surface area contributed by atoms with E-state index in [1.54, 1.807) is 23.0 Å². The SMILES string of the molecule is FC(F)(F)COc1cc([C@H]2CC2c2cc(Cl)nn3ccnc23)ncc1Cl. The molecule has 3 aromatic heterocycles. The van der Waals surface area contributed by atoms with E-state index in [0.29, 0.717) is 16.5 Å². The fraction of sp³-hybridized carbons (Fsp3) is 0.312. The summed E-state index contributed by atoms with van der Waals surface area (Å²) in [4.78, 5) is 8.53. The van der Waals surface area contributed by atoms with Gasteiger partial charge in [-0.1, -0.05) is 23.2 Å². The molecule has 1 unspecified atom stereocenters. The first-order valence-electron chi connectivity index (χ1n) is 7.66. The smallest absolute Gasteiger partial charge is 0.422 e. The summed E-state index contributed by atoms with van der Waals surface area (Å²) < 4.78 is 43.5. The van der Waals surface area contributed by atoms with Crippen LogP contribution in [-0.2, 0) is 0 Å². The molecule has 1 saturated carbocycles. The number of alkyl halides is 3. The summed E-state index contributed by atoms with van der Waals surface area (Å²) in [7, 11) is 0. The molecular formula is C16H11Cl2F3N4O. The highest BCUT2D eigenvalue weighted by Gasteiger charge is 2.42. The van der Waals surface area contributed by atoms with Gasteiger partial charge in [-0.3, -0.25) is 4.98 Å². The lowest BCUT2D eigenvalue weighted by molar-refractivity contribution is -0.153. The minimum Gasteiger partial charge on any atom is -0.482 e. The van der Waals surface area contributed by atoms with Gasteiger partial charge in [-0.15, -0.1) is 0 Å². The van der Waals surface area contributed by atoms with Crippen LogP contribution in [0.25, 0.3) is 5.65 Å². The average molecular weight is 403 g/mol. The van der Waals surface area contributed by atoms with E-state index >= 15 is 0 Å². The normalized spacial score (nSPS) is 19.7. The van der Waals surface area contributed by atoms with E-state index in [-0.39, 0.29) is 22.6 Å². The summed E-state index contributed by atoms with van der Waals surface area (Å²) in [5.41, 5.74) is 2.24. The summed E-state index contributed by atoms with van der Waals surface area (Å²) in [6, 6.07) is 3.22. The zero-order chi connectivity index (χ0) is 18.5. The van der Waals surface area contributed by atoms with E-state index in [2.05, 4.69) is 15.1 Å². The quantitative estimate of drug-likeness (QED) is 0.637. The highest BCUT2D eigenvalue weighted by Crippen LogP contribution is 2.55. The Balaban J connectivity index is 1.59. The van der Waals surface area contributed by atoms with E-state index in [1.807, 2.05) is 0 Å². The first kappa shape index (κ1) is 17.4. The molecule has 0 amide bonds. The Kier molecular flexibility index (Phi) is 4.19. The van der Waals surface area contributed by atoms with Gasteiger partial charge in [0, 0.05) is 41.8 Å². The Labute approximate surface area is 155 Å². The van der Waals surface area contributed by atoms with Gasteiger partial charge in [-0.2, -0.15) is 18.3 Å². The number of halogens is 5. The Bertz CT molecular complexity index is 976. The molecule has 0 spiro atoms. The molecule has 1 aliphatic rings. The number of fused-ring (bicyclic) bond motifs is 1. The first-order valence-corrected chi connectivity index (χ1v) is 8.42. The number of rotatable bonds is 4. The molecular weight excluding hydrogens is 392 g/mol. The third-order valence-electron chi connectivity index (χ3n) is 4.16. The molecule has 136 valence electrons. The molecule has 0 aliphatic heterocycles.